The van der Waals surface area contributed by atoms with Gasteiger partial charge in [0.05, 0.1) is 6.20 Å². The van der Waals surface area contributed by atoms with E-state index in [0.29, 0.717) is 30.8 Å². The van der Waals surface area contributed by atoms with Crippen molar-refractivity contribution in [1.82, 2.24) is 25.3 Å². The minimum atomic E-state index is -0.997. The molecule has 1 aliphatic heterocycles. The molecule has 10 heteroatoms. The molecule has 2 aromatic heterocycles. The average molecular weight is 505 g/mol. The van der Waals surface area contributed by atoms with Gasteiger partial charge in [0.1, 0.15) is 29.2 Å². The lowest BCUT2D eigenvalue weighted by Gasteiger charge is -2.32. The molecule has 9 nitrogen and oxygen atoms in total. The maximum absolute atomic E-state index is 13.4. The number of hydrogen-bond donors (Lipinski definition) is 3. The summed E-state index contributed by atoms with van der Waals surface area (Å²) in [6.45, 7) is 5.81. The molecule has 0 aromatic carbocycles. The van der Waals surface area contributed by atoms with Crippen molar-refractivity contribution in [3.63, 3.8) is 0 Å². The molecule has 1 aliphatic carbocycles. The first-order valence-corrected chi connectivity index (χ1v) is 11.8. The Labute approximate surface area is 195 Å². The number of fused-ring (bicyclic) bond motifs is 1. The van der Waals surface area contributed by atoms with E-state index in [-0.39, 0.29) is 11.8 Å². The van der Waals surface area contributed by atoms with Crippen LogP contribution >= 0.6 is 15.9 Å². The summed E-state index contributed by atoms with van der Waals surface area (Å²) in [6, 6.07) is 0.462. The number of hydrogen-bond acceptors (Lipinski definition) is 6. The van der Waals surface area contributed by atoms with Crippen LogP contribution in [0.25, 0.3) is 0 Å². The Morgan fingerprint density at radius 2 is 2.06 bits per heavy atom. The number of rotatable bonds is 4. The first-order chi connectivity index (χ1) is 15.1. The highest BCUT2D eigenvalue weighted by Crippen LogP contribution is 2.37. The van der Waals surface area contributed by atoms with Crippen LogP contribution in [0.15, 0.2) is 22.9 Å². The second-order valence-corrected chi connectivity index (χ2v) is 10.8. The molecule has 3 heterocycles. The van der Waals surface area contributed by atoms with E-state index in [1.807, 2.05) is 26.8 Å². The summed E-state index contributed by atoms with van der Waals surface area (Å²) in [6.07, 6.45) is 7.91. The van der Waals surface area contributed by atoms with Gasteiger partial charge in [-0.3, -0.25) is 9.59 Å². The molecule has 0 radical (unpaired) electrons. The number of nitrogens with one attached hydrogen (secondary N) is 2. The number of halogens is 1. The van der Waals surface area contributed by atoms with Gasteiger partial charge in [0.25, 0.3) is 0 Å². The summed E-state index contributed by atoms with van der Waals surface area (Å²) < 4.78 is 2.32. The summed E-state index contributed by atoms with van der Waals surface area (Å²) in [5, 5.41) is 25.1. The van der Waals surface area contributed by atoms with Crippen LogP contribution in [0.2, 0.25) is 0 Å². The van der Waals surface area contributed by atoms with Gasteiger partial charge in [-0.25, -0.2) is 9.67 Å². The standard InChI is InChI=1S/C22H29BrN6O3/c1-21(2,3)17(29-12-16(27-28-29)22(32)7-5-4-6-8-22)20(31)25-15-10-13-9-14(23)11-24-18(13)26-19(15)30/h9,11-12,15,17,32H,4-8,10H2,1-3H3,(H,25,31)(H,24,26,30). The molecular weight excluding hydrogens is 476 g/mol. The minimum Gasteiger partial charge on any atom is -0.383 e. The molecule has 2 aliphatic rings. The summed E-state index contributed by atoms with van der Waals surface area (Å²) in [5.41, 5.74) is -0.153. The van der Waals surface area contributed by atoms with Gasteiger partial charge in [-0.05, 0) is 45.8 Å². The van der Waals surface area contributed by atoms with E-state index < -0.39 is 23.1 Å². The lowest BCUT2D eigenvalue weighted by atomic mass is 9.82. The summed E-state index contributed by atoms with van der Waals surface area (Å²) in [7, 11) is 0. The molecule has 2 unspecified atom stereocenters. The molecule has 0 bridgehead atoms. The van der Waals surface area contributed by atoms with Crippen LogP contribution in [0.1, 0.15) is 70.2 Å². The highest BCUT2D eigenvalue weighted by molar-refractivity contribution is 9.10. The molecule has 2 aromatic rings. The van der Waals surface area contributed by atoms with E-state index in [1.54, 1.807) is 12.4 Å². The van der Waals surface area contributed by atoms with Crippen molar-refractivity contribution in [2.75, 3.05) is 5.32 Å². The number of pyridine rings is 1. The maximum atomic E-state index is 13.4. The highest BCUT2D eigenvalue weighted by Gasteiger charge is 2.40. The predicted octanol–water partition coefficient (Wildman–Crippen LogP) is 2.85. The van der Waals surface area contributed by atoms with Crippen molar-refractivity contribution in [3.8, 4) is 0 Å². The number of carbonyl (C=O) groups excluding carboxylic acids is 2. The van der Waals surface area contributed by atoms with Crippen LogP contribution in [0, 0.1) is 5.41 Å². The first kappa shape index (κ1) is 22.8. The fourth-order valence-corrected chi connectivity index (χ4v) is 4.93. The fourth-order valence-electron chi connectivity index (χ4n) is 4.55. The maximum Gasteiger partial charge on any atom is 0.248 e. The Balaban J connectivity index is 1.55. The zero-order valence-electron chi connectivity index (χ0n) is 18.6. The predicted molar refractivity (Wildman–Crippen MR) is 122 cm³/mol. The van der Waals surface area contributed by atoms with Crippen molar-refractivity contribution in [2.24, 2.45) is 5.41 Å². The molecule has 172 valence electrons. The lowest BCUT2D eigenvalue weighted by molar-refractivity contribution is -0.131. The van der Waals surface area contributed by atoms with E-state index >= 15 is 0 Å². The summed E-state index contributed by atoms with van der Waals surface area (Å²) >= 11 is 3.39. The zero-order valence-corrected chi connectivity index (χ0v) is 20.1. The molecular formula is C22H29BrN6O3. The van der Waals surface area contributed by atoms with E-state index in [9.17, 15) is 14.7 Å². The molecule has 0 saturated heterocycles. The Morgan fingerprint density at radius 3 is 2.75 bits per heavy atom. The molecule has 3 N–H and O–H groups in total. The van der Waals surface area contributed by atoms with Crippen LogP contribution in [-0.2, 0) is 21.6 Å². The van der Waals surface area contributed by atoms with E-state index in [1.165, 1.54) is 4.68 Å². The van der Waals surface area contributed by atoms with Gasteiger partial charge in [0, 0.05) is 17.1 Å². The SMILES string of the molecule is CC(C)(C)C(C(=O)NC1Cc2cc(Br)cnc2NC1=O)n1cc(C2(O)CCCCC2)nn1. The average Bonchev–Trinajstić information content (AvgIpc) is 3.19. The molecule has 2 amide bonds. The summed E-state index contributed by atoms with van der Waals surface area (Å²) in [4.78, 5) is 30.2. The van der Waals surface area contributed by atoms with Crippen LogP contribution in [-0.4, -0.2) is 42.9 Å². The molecule has 1 saturated carbocycles. The van der Waals surface area contributed by atoms with Crippen LogP contribution in [0.5, 0.6) is 0 Å². The Morgan fingerprint density at radius 1 is 1.34 bits per heavy atom. The second-order valence-electron chi connectivity index (χ2n) is 9.86. The smallest absolute Gasteiger partial charge is 0.248 e. The third-order valence-electron chi connectivity index (χ3n) is 6.23. The second kappa shape index (κ2) is 8.55. The molecule has 32 heavy (non-hydrogen) atoms. The third kappa shape index (κ3) is 4.56. The Kier molecular flexibility index (Phi) is 6.10. The quantitative estimate of drug-likeness (QED) is 0.588. The third-order valence-corrected chi connectivity index (χ3v) is 6.67. The van der Waals surface area contributed by atoms with Gasteiger partial charge in [-0.15, -0.1) is 5.10 Å². The van der Waals surface area contributed by atoms with E-state index in [4.69, 9.17) is 0 Å². The summed E-state index contributed by atoms with van der Waals surface area (Å²) in [5.74, 6) is -0.113. The zero-order chi connectivity index (χ0) is 23.1. The first-order valence-electron chi connectivity index (χ1n) is 11.0. The van der Waals surface area contributed by atoms with Crippen molar-refractivity contribution in [2.45, 2.75) is 77.0 Å². The van der Waals surface area contributed by atoms with Crippen molar-refractivity contribution >= 4 is 33.6 Å². The Bertz CT molecular complexity index is 1020. The molecule has 0 spiro atoms. The number of anilines is 1. The number of carbonyl (C=O) groups is 2. The number of aromatic nitrogens is 4. The monoisotopic (exact) mass is 504 g/mol. The number of nitrogens with zero attached hydrogens (tertiary/aromatic N) is 4. The van der Waals surface area contributed by atoms with Gasteiger partial charge >= 0.3 is 0 Å². The van der Waals surface area contributed by atoms with Gasteiger partial charge in [-0.1, -0.05) is 45.2 Å². The van der Waals surface area contributed by atoms with Crippen LogP contribution in [0.4, 0.5) is 5.82 Å². The minimum absolute atomic E-state index is 0.302. The molecule has 4 rings (SSSR count). The molecule has 1 fully saturated rings. The van der Waals surface area contributed by atoms with Crippen LogP contribution < -0.4 is 10.6 Å². The van der Waals surface area contributed by atoms with Crippen molar-refractivity contribution in [1.29, 1.82) is 0 Å². The van der Waals surface area contributed by atoms with Gasteiger partial charge < -0.3 is 15.7 Å². The Hall–Kier alpha value is -2.33. The van der Waals surface area contributed by atoms with E-state index in [2.05, 4.69) is 41.9 Å². The largest absolute Gasteiger partial charge is 0.383 e. The fraction of sp³-hybridized carbons (Fsp3) is 0.591. The number of amides is 2. The van der Waals surface area contributed by atoms with Crippen LogP contribution in [0.3, 0.4) is 0 Å². The normalized spacial score (nSPS) is 21.4. The van der Waals surface area contributed by atoms with Gasteiger partial charge in [0.15, 0.2) is 0 Å². The van der Waals surface area contributed by atoms with Crippen molar-refractivity contribution in [3.05, 3.63) is 34.2 Å². The molecule has 2 atom stereocenters. The van der Waals surface area contributed by atoms with Gasteiger partial charge in [0.2, 0.25) is 11.8 Å². The topological polar surface area (TPSA) is 122 Å². The van der Waals surface area contributed by atoms with E-state index in [0.717, 1.165) is 29.3 Å². The highest BCUT2D eigenvalue weighted by atomic mass is 79.9. The van der Waals surface area contributed by atoms with Gasteiger partial charge in [-0.2, -0.15) is 0 Å². The number of aliphatic hydroxyl groups is 1. The lowest BCUT2D eigenvalue weighted by Crippen LogP contribution is -2.51. The van der Waals surface area contributed by atoms with Crippen molar-refractivity contribution < 1.29 is 14.7 Å².